The molecule has 0 atom stereocenters. The lowest BCUT2D eigenvalue weighted by Gasteiger charge is -2.56. The number of nitrogens with zero attached hydrogens (tertiary/aromatic N) is 4. The maximum Gasteiger partial charge on any atom is 0.288 e. The van der Waals surface area contributed by atoms with E-state index in [1.54, 1.807) is 12.4 Å². The summed E-state index contributed by atoms with van der Waals surface area (Å²) in [5, 5.41) is 3.44. The van der Waals surface area contributed by atoms with Gasteiger partial charge in [-0.05, 0) is 68.4 Å². The third-order valence-electron chi connectivity index (χ3n) is 7.00. The van der Waals surface area contributed by atoms with Gasteiger partial charge < -0.3 is 5.32 Å². The van der Waals surface area contributed by atoms with Crippen molar-refractivity contribution in [1.29, 1.82) is 0 Å². The van der Waals surface area contributed by atoms with Crippen LogP contribution in [0, 0.1) is 17.8 Å². The van der Waals surface area contributed by atoms with Crippen molar-refractivity contribution in [2.75, 3.05) is 0 Å². The van der Waals surface area contributed by atoms with Gasteiger partial charge >= 0.3 is 0 Å². The van der Waals surface area contributed by atoms with Crippen LogP contribution in [0.25, 0.3) is 16.8 Å². The van der Waals surface area contributed by atoms with Crippen LogP contribution < -0.4 is 5.32 Å². The fourth-order valence-corrected chi connectivity index (χ4v) is 6.39. The monoisotopic (exact) mass is 373 g/mol. The van der Waals surface area contributed by atoms with Gasteiger partial charge in [0.1, 0.15) is 12.0 Å². The minimum absolute atomic E-state index is 0.0253. The second kappa shape index (κ2) is 5.87. The number of hydrogen-bond acceptors (Lipinski definition) is 4. The molecule has 4 aliphatic carbocycles. The fourth-order valence-electron chi connectivity index (χ4n) is 6.39. The van der Waals surface area contributed by atoms with Gasteiger partial charge in [-0.15, -0.1) is 0 Å². The van der Waals surface area contributed by atoms with Gasteiger partial charge in [0, 0.05) is 29.7 Å². The predicted molar refractivity (Wildman–Crippen MR) is 105 cm³/mol. The fraction of sp³-hybridized carbons (Fsp3) is 0.455. The van der Waals surface area contributed by atoms with Gasteiger partial charge in [-0.2, -0.15) is 0 Å². The van der Waals surface area contributed by atoms with E-state index in [4.69, 9.17) is 4.98 Å². The molecular formula is C22H23N5O. The summed E-state index contributed by atoms with van der Waals surface area (Å²) in [6.45, 7) is 0. The maximum atomic E-state index is 13.4. The van der Waals surface area contributed by atoms with Crippen molar-refractivity contribution in [3.63, 3.8) is 0 Å². The number of carbonyl (C=O) groups excluding carboxylic acids is 1. The zero-order chi connectivity index (χ0) is 18.7. The van der Waals surface area contributed by atoms with Gasteiger partial charge in [0.05, 0.1) is 5.52 Å². The Hall–Kier alpha value is -2.76. The van der Waals surface area contributed by atoms with Gasteiger partial charge in [0.2, 0.25) is 5.82 Å². The highest BCUT2D eigenvalue weighted by Crippen LogP contribution is 2.55. The van der Waals surface area contributed by atoms with E-state index in [0.717, 1.165) is 53.8 Å². The Balaban J connectivity index is 1.38. The van der Waals surface area contributed by atoms with E-state index in [0.29, 0.717) is 5.82 Å². The van der Waals surface area contributed by atoms with E-state index in [1.807, 2.05) is 28.8 Å². The molecular weight excluding hydrogens is 350 g/mol. The first-order chi connectivity index (χ1) is 13.7. The normalized spacial score (nSPS) is 30.6. The second-order valence-electron chi connectivity index (χ2n) is 9.02. The van der Waals surface area contributed by atoms with Crippen molar-refractivity contribution in [2.24, 2.45) is 17.8 Å². The summed E-state index contributed by atoms with van der Waals surface area (Å²) in [5.74, 6) is 2.76. The largest absolute Gasteiger partial charge is 0.344 e. The third kappa shape index (κ3) is 2.47. The number of pyridine rings is 1. The molecule has 6 heteroatoms. The molecule has 1 amide bonds. The summed E-state index contributed by atoms with van der Waals surface area (Å²) < 4.78 is 1.89. The quantitative estimate of drug-likeness (QED) is 0.763. The molecule has 4 bridgehead atoms. The molecule has 3 aromatic heterocycles. The number of rotatable bonds is 3. The third-order valence-corrected chi connectivity index (χ3v) is 7.00. The van der Waals surface area contributed by atoms with Gasteiger partial charge in [-0.1, -0.05) is 6.07 Å². The first kappa shape index (κ1) is 16.2. The molecule has 4 aliphatic rings. The molecule has 0 aliphatic heterocycles. The van der Waals surface area contributed by atoms with Crippen LogP contribution in [0.3, 0.4) is 0 Å². The summed E-state index contributed by atoms with van der Waals surface area (Å²) in [4.78, 5) is 26.3. The highest BCUT2D eigenvalue weighted by Gasteiger charge is 2.51. The molecule has 6 nitrogen and oxygen atoms in total. The van der Waals surface area contributed by atoms with E-state index in [-0.39, 0.29) is 11.4 Å². The Morgan fingerprint density at radius 3 is 2.39 bits per heavy atom. The van der Waals surface area contributed by atoms with Crippen LogP contribution in [0.4, 0.5) is 0 Å². The van der Waals surface area contributed by atoms with Crippen molar-refractivity contribution in [1.82, 2.24) is 24.7 Å². The number of amides is 1. The topological polar surface area (TPSA) is 72.2 Å². The molecule has 1 N–H and O–H groups in total. The molecule has 0 saturated heterocycles. The van der Waals surface area contributed by atoms with Crippen LogP contribution in [-0.4, -0.2) is 30.8 Å². The summed E-state index contributed by atoms with van der Waals surface area (Å²) in [7, 11) is 0. The summed E-state index contributed by atoms with van der Waals surface area (Å²) in [5.41, 5.74) is 2.44. The Morgan fingerprint density at radius 1 is 1.04 bits per heavy atom. The average Bonchev–Trinajstić information content (AvgIpc) is 3.07. The van der Waals surface area contributed by atoms with Gasteiger partial charge in [-0.25, -0.2) is 15.0 Å². The molecule has 0 spiro atoms. The minimum Gasteiger partial charge on any atom is -0.344 e. The maximum absolute atomic E-state index is 13.4. The molecule has 4 fully saturated rings. The predicted octanol–water partition coefficient (Wildman–Crippen LogP) is 3.49. The number of imidazole rings is 1. The number of carbonyl (C=O) groups is 1. The van der Waals surface area contributed by atoms with Gasteiger partial charge in [0.25, 0.3) is 5.91 Å². The lowest BCUT2D eigenvalue weighted by atomic mass is 9.53. The molecule has 3 aromatic rings. The molecule has 7 rings (SSSR count). The molecule has 0 radical (unpaired) electrons. The van der Waals surface area contributed by atoms with Crippen LogP contribution in [0.5, 0.6) is 0 Å². The van der Waals surface area contributed by atoms with E-state index in [2.05, 4.69) is 15.3 Å². The standard InChI is InChI=1S/C22H23N5O/c28-21(26-22-8-14-5-15(9-22)7-16(6-14)10-22)20-25-19(17-11-23-13-24-12-17)18-3-1-2-4-27(18)20/h1-4,11-16H,5-10H2,(H,26,28). The Kier molecular flexibility index (Phi) is 3.40. The molecule has 3 heterocycles. The molecule has 28 heavy (non-hydrogen) atoms. The molecule has 142 valence electrons. The van der Waals surface area contributed by atoms with E-state index < -0.39 is 0 Å². The molecule has 4 saturated carbocycles. The van der Waals surface area contributed by atoms with Crippen LogP contribution in [0.1, 0.15) is 49.1 Å². The summed E-state index contributed by atoms with van der Waals surface area (Å²) >= 11 is 0. The molecule has 0 aromatic carbocycles. The first-order valence-electron chi connectivity index (χ1n) is 10.2. The van der Waals surface area contributed by atoms with E-state index >= 15 is 0 Å². The van der Waals surface area contributed by atoms with E-state index in [1.165, 1.54) is 25.6 Å². The van der Waals surface area contributed by atoms with Crippen molar-refractivity contribution in [3.8, 4) is 11.3 Å². The SMILES string of the molecule is O=C(NC12CC3CC(CC(C3)C1)C2)c1nc(-c2cncnc2)c2ccccn12. The summed E-state index contributed by atoms with van der Waals surface area (Å²) in [6, 6.07) is 5.88. The lowest BCUT2D eigenvalue weighted by molar-refractivity contribution is -0.0168. The number of nitrogens with one attached hydrogen (secondary N) is 1. The molecule has 0 unspecified atom stereocenters. The zero-order valence-corrected chi connectivity index (χ0v) is 15.7. The highest BCUT2D eigenvalue weighted by molar-refractivity contribution is 5.95. The minimum atomic E-state index is -0.0637. The van der Waals surface area contributed by atoms with Crippen LogP contribution in [0.15, 0.2) is 43.1 Å². The lowest BCUT2D eigenvalue weighted by Crippen LogP contribution is -2.60. The average molecular weight is 373 g/mol. The number of hydrogen-bond donors (Lipinski definition) is 1. The van der Waals surface area contributed by atoms with E-state index in [9.17, 15) is 4.79 Å². The summed E-state index contributed by atoms with van der Waals surface area (Å²) in [6.07, 6.45) is 14.4. The van der Waals surface area contributed by atoms with Gasteiger partial charge in [0.15, 0.2) is 0 Å². The Labute approximate surface area is 163 Å². The van der Waals surface area contributed by atoms with Gasteiger partial charge in [-0.3, -0.25) is 9.20 Å². The number of aromatic nitrogens is 4. The van der Waals surface area contributed by atoms with Crippen LogP contribution in [-0.2, 0) is 0 Å². The Bertz CT molecular complexity index is 1020. The highest BCUT2D eigenvalue weighted by atomic mass is 16.2. The van der Waals surface area contributed by atoms with Crippen molar-refractivity contribution < 1.29 is 4.79 Å². The Morgan fingerprint density at radius 2 is 1.71 bits per heavy atom. The second-order valence-corrected chi connectivity index (χ2v) is 9.02. The zero-order valence-electron chi connectivity index (χ0n) is 15.7. The van der Waals surface area contributed by atoms with Crippen molar-refractivity contribution >= 4 is 11.4 Å². The van der Waals surface area contributed by atoms with Crippen molar-refractivity contribution in [3.05, 3.63) is 48.9 Å². The first-order valence-corrected chi connectivity index (χ1v) is 10.2. The number of fused-ring (bicyclic) bond motifs is 1. The van der Waals surface area contributed by atoms with Crippen LogP contribution >= 0.6 is 0 Å². The van der Waals surface area contributed by atoms with Crippen LogP contribution in [0.2, 0.25) is 0 Å². The smallest absolute Gasteiger partial charge is 0.288 e. The van der Waals surface area contributed by atoms with Crippen molar-refractivity contribution in [2.45, 2.75) is 44.1 Å².